The van der Waals surface area contributed by atoms with Gasteiger partial charge >= 0.3 is 6.18 Å². The van der Waals surface area contributed by atoms with Crippen molar-refractivity contribution in [2.45, 2.75) is 32.0 Å². The molecule has 0 aromatic carbocycles. The van der Waals surface area contributed by atoms with Gasteiger partial charge < -0.3 is 5.32 Å². The van der Waals surface area contributed by atoms with E-state index in [0.29, 0.717) is 29.8 Å². The molecule has 1 saturated carbocycles. The van der Waals surface area contributed by atoms with Gasteiger partial charge in [0.05, 0.1) is 11.9 Å². The van der Waals surface area contributed by atoms with Crippen molar-refractivity contribution in [2.24, 2.45) is 5.92 Å². The zero-order valence-corrected chi connectivity index (χ0v) is 15.2. The van der Waals surface area contributed by atoms with Crippen LogP contribution in [0.25, 0.3) is 16.9 Å². The van der Waals surface area contributed by atoms with Crippen molar-refractivity contribution in [1.82, 2.24) is 24.9 Å². The van der Waals surface area contributed by atoms with Crippen molar-refractivity contribution < 1.29 is 18.0 Å². The van der Waals surface area contributed by atoms with Crippen LogP contribution in [0, 0.1) is 24.2 Å². The van der Waals surface area contributed by atoms with E-state index in [4.69, 9.17) is 0 Å². The highest BCUT2D eigenvalue weighted by Crippen LogP contribution is 2.40. The molecule has 1 atom stereocenters. The van der Waals surface area contributed by atoms with Gasteiger partial charge in [-0.05, 0) is 43.9 Å². The predicted molar refractivity (Wildman–Crippen MR) is 95.7 cm³/mol. The van der Waals surface area contributed by atoms with Gasteiger partial charge in [0, 0.05) is 17.5 Å². The van der Waals surface area contributed by atoms with Crippen molar-refractivity contribution in [2.75, 3.05) is 0 Å². The molecule has 0 radical (unpaired) electrons. The van der Waals surface area contributed by atoms with Crippen LogP contribution < -0.4 is 5.32 Å². The summed E-state index contributed by atoms with van der Waals surface area (Å²) in [5.74, 6) is -1.48. The first-order valence-corrected chi connectivity index (χ1v) is 8.88. The average Bonchev–Trinajstić information content (AvgIpc) is 3.42. The van der Waals surface area contributed by atoms with Crippen LogP contribution in [0.4, 0.5) is 13.2 Å². The summed E-state index contributed by atoms with van der Waals surface area (Å²) in [7, 11) is 0. The summed E-state index contributed by atoms with van der Waals surface area (Å²) in [5, 5.41) is 15.4. The van der Waals surface area contributed by atoms with E-state index >= 15 is 0 Å². The quantitative estimate of drug-likeness (QED) is 0.726. The number of hydrogen-bond acceptors (Lipinski definition) is 5. The number of aromatic nitrogens is 4. The Morgan fingerprint density at radius 3 is 2.83 bits per heavy atom. The van der Waals surface area contributed by atoms with E-state index in [1.807, 2.05) is 6.07 Å². The highest BCUT2D eigenvalue weighted by molar-refractivity contribution is 6.00. The Hall–Kier alpha value is -3.48. The van der Waals surface area contributed by atoms with Gasteiger partial charge in [0.15, 0.2) is 5.65 Å². The van der Waals surface area contributed by atoms with E-state index in [1.165, 1.54) is 16.9 Å². The Morgan fingerprint density at radius 2 is 2.17 bits per heavy atom. The number of hydrogen-bond donors (Lipinski definition) is 1. The lowest BCUT2D eigenvalue weighted by molar-refractivity contribution is -0.158. The molecule has 7 nitrogen and oxygen atoms in total. The number of carbonyl (C=O) groups is 1. The summed E-state index contributed by atoms with van der Waals surface area (Å²) < 4.78 is 41.2. The topological polar surface area (TPSA) is 96.0 Å². The van der Waals surface area contributed by atoms with Gasteiger partial charge in [0.2, 0.25) is 0 Å². The SMILES string of the molecule is Cc1cc(-c2cccnc2C#N)nc2c(C(=O)N[C@H](C3CC3)C(F)(F)F)cnn12. The number of nitrogens with one attached hydrogen (secondary N) is 1. The molecule has 1 aliphatic carbocycles. The number of nitriles is 1. The van der Waals surface area contributed by atoms with Crippen LogP contribution in [0.1, 0.15) is 34.6 Å². The molecule has 0 bridgehead atoms. The third kappa shape index (κ3) is 3.51. The monoisotopic (exact) mass is 400 g/mol. The van der Waals surface area contributed by atoms with Gasteiger partial charge in [0.1, 0.15) is 23.4 Å². The minimum atomic E-state index is -4.52. The van der Waals surface area contributed by atoms with Crippen molar-refractivity contribution in [3.8, 4) is 17.3 Å². The Morgan fingerprint density at radius 1 is 1.41 bits per heavy atom. The molecule has 1 aliphatic rings. The molecule has 10 heteroatoms. The zero-order valence-electron chi connectivity index (χ0n) is 15.2. The maximum atomic E-state index is 13.3. The van der Waals surface area contributed by atoms with E-state index in [1.54, 1.807) is 25.1 Å². The Balaban J connectivity index is 1.75. The third-order valence-corrected chi connectivity index (χ3v) is 4.82. The summed E-state index contributed by atoms with van der Waals surface area (Å²) in [6.07, 6.45) is -0.993. The molecule has 1 fully saturated rings. The smallest absolute Gasteiger partial charge is 0.340 e. The van der Waals surface area contributed by atoms with Crippen molar-refractivity contribution in [3.63, 3.8) is 0 Å². The number of aryl methyl sites for hydroxylation is 1. The molecule has 0 saturated heterocycles. The maximum absolute atomic E-state index is 13.3. The largest absolute Gasteiger partial charge is 0.408 e. The number of carbonyl (C=O) groups excluding carboxylic acids is 1. The van der Waals surface area contributed by atoms with E-state index in [2.05, 4.69) is 20.4 Å². The Labute approximate surface area is 163 Å². The first-order valence-electron chi connectivity index (χ1n) is 8.88. The number of pyridine rings is 1. The third-order valence-electron chi connectivity index (χ3n) is 4.82. The summed E-state index contributed by atoms with van der Waals surface area (Å²) in [5.41, 5.74) is 1.64. The number of nitrogens with zero attached hydrogens (tertiary/aromatic N) is 5. The molecule has 0 aliphatic heterocycles. The minimum Gasteiger partial charge on any atom is -0.340 e. The molecule has 0 unspecified atom stereocenters. The molecule has 3 heterocycles. The first-order chi connectivity index (χ1) is 13.8. The Bertz CT molecular complexity index is 1140. The van der Waals surface area contributed by atoms with Crippen molar-refractivity contribution in [1.29, 1.82) is 5.26 Å². The average molecular weight is 400 g/mol. The lowest BCUT2D eigenvalue weighted by Gasteiger charge is -2.20. The highest BCUT2D eigenvalue weighted by atomic mass is 19.4. The van der Waals surface area contributed by atoms with Crippen molar-refractivity contribution >= 4 is 11.6 Å². The van der Waals surface area contributed by atoms with Crippen LogP contribution in [0.3, 0.4) is 0 Å². The summed E-state index contributed by atoms with van der Waals surface area (Å²) >= 11 is 0. The fourth-order valence-electron chi connectivity index (χ4n) is 3.23. The highest BCUT2D eigenvalue weighted by Gasteiger charge is 2.49. The summed E-state index contributed by atoms with van der Waals surface area (Å²) in [6, 6.07) is 5.06. The van der Waals surface area contributed by atoms with Crippen LogP contribution in [0.5, 0.6) is 0 Å². The standard InChI is InChI=1S/C19H15F3N6O/c1-10-7-14(12-3-2-6-24-15(12)8-23)26-17-13(9-25-28(10)17)18(29)27-16(11-4-5-11)19(20,21)22/h2-3,6-7,9,11,16H,4-5H2,1H3,(H,27,29)/t16-/m1/s1. The van der Waals surface area contributed by atoms with Crippen molar-refractivity contribution in [3.05, 3.63) is 47.5 Å². The van der Waals surface area contributed by atoms with E-state index in [9.17, 15) is 23.2 Å². The molecular formula is C19H15F3N6O. The number of amides is 1. The van der Waals surface area contributed by atoms with E-state index in [-0.39, 0.29) is 16.9 Å². The molecule has 1 amide bonds. The number of halogens is 3. The fraction of sp³-hybridized carbons (Fsp3) is 0.316. The molecule has 29 heavy (non-hydrogen) atoms. The van der Waals surface area contributed by atoms with Gasteiger partial charge in [-0.1, -0.05) is 0 Å². The minimum absolute atomic E-state index is 0.0627. The molecule has 0 spiro atoms. The summed E-state index contributed by atoms with van der Waals surface area (Å²) in [4.78, 5) is 21.0. The zero-order chi connectivity index (χ0) is 20.8. The van der Waals surface area contributed by atoms with Gasteiger partial charge in [-0.2, -0.15) is 23.5 Å². The molecular weight excluding hydrogens is 385 g/mol. The van der Waals surface area contributed by atoms with Crippen LogP contribution in [0.2, 0.25) is 0 Å². The van der Waals surface area contributed by atoms with Crippen LogP contribution >= 0.6 is 0 Å². The van der Waals surface area contributed by atoms with Gasteiger partial charge in [-0.15, -0.1) is 0 Å². The molecule has 3 aromatic heterocycles. The lowest BCUT2D eigenvalue weighted by Crippen LogP contribution is -2.46. The number of rotatable bonds is 4. The van der Waals surface area contributed by atoms with Crippen LogP contribution in [-0.4, -0.2) is 37.7 Å². The van der Waals surface area contributed by atoms with Crippen LogP contribution in [-0.2, 0) is 0 Å². The van der Waals surface area contributed by atoms with Gasteiger partial charge in [-0.25, -0.2) is 14.5 Å². The normalized spacial score (nSPS) is 15.1. The lowest BCUT2D eigenvalue weighted by atomic mass is 10.1. The molecule has 3 aromatic rings. The second-order valence-electron chi connectivity index (χ2n) is 6.92. The maximum Gasteiger partial charge on any atom is 0.408 e. The van der Waals surface area contributed by atoms with E-state index in [0.717, 1.165) is 0 Å². The molecule has 4 rings (SSSR count). The van der Waals surface area contributed by atoms with Gasteiger partial charge in [0.25, 0.3) is 5.91 Å². The second-order valence-corrected chi connectivity index (χ2v) is 6.92. The fourth-order valence-corrected chi connectivity index (χ4v) is 3.23. The molecule has 1 N–H and O–H groups in total. The predicted octanol–water partition coefficient (Wildman–Crippen LogP) is 3.04. The second kappa shape index (κ2) is 6.84. The number of fused-ring (bicyclic) bond motifs is 1. The van der Waals surface area contributed by atoms with E-state index < -0.39 is 24.0 Å². The molecule has 148 valence electrons. The summed E-state index contributed by atoms with van der Waals surface area (Å²) in [6.45, 7) is 1.72. The first kappa shape index (κ1) is 18.9. The van der Waals surface area contributed by atoms with Crippen LogP contribution in [0.15, 0.2) is 30.6 Å². The van der Waals surface area contributed by atoms with Gasteiger partial charge in [-0.3, -0.25) is 4.79 Å². The Kier molecular flexibility index (Phi) is 4.45. The number of alkyl halides is 3.